The van der Waals surface area contributed by atoms with E-state index in [2.05, 4.69) is 75.0 Å². The highest BCUT2D eigenvalue weighted by Gasteiger charge is 2.35. The largest absolute Gasteiger partial charge is 0.493 e. The van der Waals surface area contributed by atoms with Crippen LogP contribution in [0, 0.1) is 20.8 Å². The summed E-state index contributed by atoms with van der Waals surface area (Å²) >= 11 is 3.69. The number of rotatable bonds is 9. The molecule has 3 aromatic carbocycles. The molecule has 5 rings (SSSR count). The predicted octanol–water partition coefficient (Wildman–Crippen LogP) is 6.27. The molecular formula is C31H33BrN6O4. The molecule has 4 aromatic rings. The number of nitrogens with one attached hydrogen (secondary N) is 2. The van der Waals surface area contributed by atoms with Crippen LogP contribution < -0.4 is 24.8 Å². The second-order valence-corrected chi connectivity index (χ2v) is 10.9. The fourth-order valence-corrected chi connectivity index (χ4v) is 5.59. The summed E-state index contributed by atoms with van der Waals surface area (Å²) in [6.07, 6.45) is 0. The third kappa shape index (κ3) is 5.69. The summed E-state index contributed by atoms with van der Waals surface area (Å²) in [5.74, 6) is 1.75. The first-order valence-corrected chi connectivity index (χ1v) is 14.4. The number of benzene rings is 3. The van der Waals surface area contributed by atoms with Gasteiger partial charge in [0.1, 0.15) is 18.4 Å². The molecule has 218 valence electrons. The van der Waals surface area contributed by atoms with Crippen LogP contribution in [0.4, 0.5) is 11.6 Å². The normalized spacial score (nSPS) is 14.2. The molecule has 42 heavy (non-hydrogen) atoms. The Balaban J connectivity index is 1.51. The van der Waals surface area contributed by atoms with Gasteiger partial charge in [-0.3, -0.25) is 4.79 Å². The number of allylic oxidation sites excluding steroid dienone is 1. The van der Waals surface area contributed by atoms with Crippen LogP contribution in [0.3, 0.4) is 0 Å². The van der Waals surface area contributed by atoms with E-state index in [-0.39, 0.29) is 5.91 Å². The van der Waals surface area contributed by atoms with Crippen molar-refractivity contribution in [3.63, 3.8) is 0 Å². The summed E-state index contributed by atoms with van der Waals surface area (Å²) < 4.78 is 20.0. The smallest absolute Gasteiger partial charge is 0.255 e. The number of carbonyl (C=O) groups excluding carboxylic acids is 1. The quantitative estimate of drug-likeness (QED) is 0.222. The summed E-state index contributed by atoms with van der Waals surface area (Å²) in [5, 5.41) is 18.3. The van der Waals surface area contributed by atoms with Gasteiger partial charge in [-0.25, -0.2) is 0 Å². The van der Waals surface area contributed by atoms with E-state index in [1.54, 1.807) is 17.9 Å². The van der Waals surface area contributed by atoms with Crippen LogP contribution in [0.15, 0.2) is 64.3 Å². The van der Waals surface area contributed by atoms with Gasteiger partial charge < -0.3 is 24.8 Å². The molecule has 0 fully saturated rings. The Morgan fingerprint density at radius 3 is 2.55 bits per heavy atom. The highest BCUT2D eigenvalue weighted by atomic mass is 79.9. The predicted molar refractivity (Wildman–Crippen MR) is 164 cm³/mol. The summed E-state index contributed by atoms with van der Waals surface area (Å²) in [6.45, 7) is 10.8. The maximum Gasteiger partial charge on any atom is 0.255 e. The molecule has 1 atom stereocenters. The number of aryl methyl sites for hydroxylation is 3. The molecule has 11 heteroatoms. The number of amides is 1. The number of ether oxygens (including phenoxy) is 3. The Hall–Kier alpha value is -4.38. The van der Waals surface area contributed by atoms with Gasteiger partial charge in [-0.15, -0.1) is 0 Å². The van der Waals surface area contributed by atoms with Gasteiger partial charge in [0.15, 0.2) is 11.5 Å². The van der Waals surface area contributed by atoms with E-state index in [1.165, 1.54) is 11.1 Å². The number of anilines is 2. The summed E-state index contributed by atoms with van der Waals surface area (Å²) in [6, 6.07) is 14.7. The molecule has 0 bridgehead atoms. The number of hydrogen-bond acceptors (Lipinski definition) is 8. The number of methoxy groups -OCH3 is 1. The van der Waals surface area contributed by atoms with E-state index in [4.69, 9.17) is 14.2 Å². The van der Waals surface area contributed by atoms with Crippen LogP contribution in [0.5, 0.6) is 17.2 Å². The number of tetrazole rings is 1. The van der Waals surface area contributed by atoms with Gasteiger partial charge in [0.2, 0.25) is 5.95 Å². The maximum atomic E-state index is 13.9. The second kappa shape index (κ2) is 12.2. The molecular weight excluding hydrogens is 600 g/mol. The number of halogens is 1. The number of nitrogens with zero attached hydrogens (tertiary/aromatic N) is 4. The molecule has 0 radical (unpaired) electrons. The maximum absolute atomic E-state index is 13.9. The third-order valence-electron chi connectivity index (χ3n) is 7.29. The van der Waals surface area contributed by atoms with Crippen LogP contribution >= 0.6 is 15.9 Å². The first-order valence-electron chi connectivity index (χ1n) is 13.6. The number of hydrogen-bond donors (Lipinski definition) is 2. The standard InChI is InChI=1S/C31H33BrN6O4/c1-7-41-25-11-9-8-10-24(25)34-30(39)27-20(5)33-31-35-36-37-38(31)28(27)21-14-23(32)29(26(15-21)40-6)42-16-22-13-18(3)17(2)12-19(22)4/h8-15,28H,7,16H2,1-6H3,(H,34,39)(H,33,35,37). The van der Waals surface area contributed by atoms with Crippen molar-refractivity contribution in [3.8, 4) is 17.2 Å². The molecule has 0 aliphatic carbocycles. The first kappa shape index (κ1) is 29.1. The average molecular weight is 634 g/mol. The van der Waals surface area contributed by atoms with Gasteiger partial charge in [0.25, 0.3) is 5.91 Å². The van der Waals surface area contributed by atoms with Crippen molar-refractivity contribution >= 4 is 33.5 Å². The lowest BCUT2D eigenvalue weighted by atomic mass is 9.94. The number of carbonyl (C=O) groups is 1. The average Bonchev–Trinajstić information content (AvgIpc) is 3.43. The third-order valence-corrected chi connectivity index (χ3v) is 7.87. The zero-order valence-corrected chi connectivity index (χ0v) is 26.0. The lowest BCUT2D eigenvalue weighted by Gasteiger charge is -2.29. The summed E-state index contributed by atoms with van der Waals surface area (Å²) in [5.41, 5.74) is 7.06. The lowest BCUT2D eigenvalue weighted by Crippen LogP contribution is -2.31. The molecule has 0 saturated heterocycles. The monoisotopic (exact) mass is 632 g/mol. The van der Waals surface area contributed by atoms with Gasteiger partial charge in [0.05, 0.1) is 29.4 Å². The zero-order chi connectivity index (χ0) is 30.0. The van der Waals surface area contributed by atoms with E-state index in [9.17, 15) is 4.79 Å². The van der Waals surface area contributed by atoms with Crippen molar-refractivity contribution in [1.29, 1.82) is 0 Å². The van der Waals surface area contributed by atoms with Crippen molar-refractivity contribution in [3.05, 3.63) is 92.1 Å². The van der Waals surface area contributed by atoms with E-state index < -0.39 is 6.04 Å². The summed E-state index contributed by atoms with van der Waals surface area (Å²) in [7, 11) is 1.59. The van der Waals surface area contributed by atoms with Crippen molar-refractivity contribution in [2.24, 2.45) is 0 Å². The fourth-order valence-electron chi connectivity index (χ4n) is 5.02. The van der Waals surface area contributed by atoms with Crippen molar-refractivity contribution < 1.29 is 19.0 Å². The Morgan fingerprint density at radius 2 is 1.79 bits per heavy atom. The van der Waals surface area contributed by atoms with Crippen LogP contribution in [-0.2, 0) is 11.4 Å². The van der Waals surface area contributed by atoms with E-state index in [0.717, 1.165) is 16.7 Å². The molecule has 10 nitrogen and oxygen atoms in total. The SMILES string of the molecule is CCOc1ccccc1NC(=O)C1=C(C)Nc2nnnn2C1c1cc(Br)c(OCc2cc(C)c(C)cc2C)c(OC)c1. The Bertz CT molecular complexity index is 1680. The topological polar surface area (TPSA) is 112 Å². The van der Waals surface area contributed by atoms with Crippen LogP contribution in [0.2, 0.25) is 0 Å². The van der Waals surface area contributed by atoms with Crippen LogP contribution in [0.1, 0.15) is 47.7 Å². The Labute approximate surface area is 253 Å². The molecule has 1 unspecified atom stereocenters. The molecule has 1 aromatic heterocycles. The van der Waals surface area contributed by atoms with Gasteiger partial charge in [-0.05, 0) is 113 Å². The second-order valence-electron chi connectivity index (χ2n) is 10.1. The van der Waals surface area contributed by atoms with Crippen LogP contribution in [-0.4, -0.2) is 39.8 Å². The van der Waals surface area contributed by atoms with Gasteiger partial charge in [-0.1, -0.05) is 29.4 Å². The molecule has 2 heterocycles. The zero-order valence-electron chi connectivity index (χ0n) is 24.4. The lowest BCUT2D eigenvalue weighted by molar-refractivity contribution is -0.113. The highest BCUT2D eigenvalue weighted by Crippen LogP contribution is 2.43. The van der Waals surface area contributed by atoms with E-state index in [1.807, 2.05) is 44.2 Å². The number of para-hydroxylation sites is 2. The van der Waals surface area contributed by atoms with Gasteiger partial charge >= 0.3 is 0 Å². The molecule has 1 aliphatic heterocycles. The molecule has 1 amide bonds. The molecule has 2 N–H and O–H groups in total. The minimum atomic E-state index is -0.656. The minimum Gasteiger partial charge on any atom is -0.493 e. The fraction of sp³-hybridized carbons (Fsp3) is 0.290. The Kier molecular flexibility index (Phi) is 8.49. The van der Waals surface area contributed by atoms with E-state index in [0.29, 0.717) is 57.8 Å². The van der Waals surface area contributed by atoms with Gasteiger partial charge in [0, 0.05) is 5.70 Å². The summed E-state index contributed by atoms with van der Waals surface area (Å²) in [4.78, 5) is 13.9. The first-order chi connectivity index (χ1) is 20.2. The molecule has 0 saturated carbocycles. The molecule has 0 spiro atoms. The van der Waals surface area contributed by atoms with Crippen LogP contribution in [0.25, 0.3) is 0 Å². The van der Waals surface area contributed by atoms with Crippen molar-refractivity contribution in [2.45, 2.75) is 47.3 Å². The van der Waals surface area contributed by atoms with Gasteiger partial charge in [-0.2, -0.15) is 4.68 Å². The van der Waals surface area contributed by atoms with Crippen molar-refractivity contribution in [2.75, 3.05) is 24.4 Å². The van der Waals surface area contributed by atoms with E-state index >= 15 is 0 Å². The number of aromatic nitrogens is 4. The number of fused-ring (bicyclic) bond motifs is 1. The Morgan fingerprint density at radius 1 is 1.02 bits per heavy atom. The molecule has 1 aliphatic rings. The minimum absolute atomic E-state index is 0.320. The highest BCUT2D eigenvalue weighted by molar-refractivity contribution is 9.10. The van der Waals surface area contributed by atoms with Crippen molar-refractivity contribution in [1.82, 2.24) is 20.2 Å².